The SMILES string of the molecule is C/C=C(/N)c1ncccc1C. The molecule has 0 aliphatic rings. The molecular weight excluding hydrogens is 136 g/mol. The van der Waals surface area contributed by atoms with E-state index < -0.39 is 0 Å². The minimum atomic E-state index is 0.739. The first-order chi connectivity index (χ1) is 5.25. The molecule has 0 fully saturated rings. The normalized spacial score (nSPS) is 11.6. The van der Waals surface area contributed by atoms with Crippen molar-refractivity contribution in [1.82, 2.24) is 4.98 Å². The summed E-state index contributed by atoms with van der Waals surface area (Å²) in [6.07, 6.45) is 3.61. The van der Waals surface area contributed by atoms with Gasteiger partial charge < -0.3 is 5.73 Å². The molecule has 0 unspecified atom stereocenters. The highest BCUT2D eigenvalue weighted by atomic mass is 14.7. The van der Waals surface area contributed by atoms with Gasteiger partial charge in [0.25, 0.3) is 0 Å². The molecule has 1 aromatic heterocycles. The molecule has 0 spiro atoms. The van der Waals surface area contributed by atoms with E-state index in [-0.39, 0.29) is 0 Å². The maximum Gasteiger partial charge on any atom is 0.0884 e. The quantitative estimate of drug-likeness (QED) is 0.658. The van der Waals surface area contributed by atoms with E-state index in [0.717, 1.165) is 17.0 Å². The van der Waals surface area contributed by atoms with E-state index in [1.54, 1.807) is 6.20 Å². The van der Waals surface area contributed by atoms with Crippen molar-refractivity contribution < 1.29 is 0 Å². The number of hydrogen-bond donors (Lipinski definition) is 1. The van der Waals surface area contributed by atoms with Crippen molar-refractivity contribution in [2.75, 3.05) is 0 Å². The van der Waals surface area contributed by atoms with Crippen LogP contribution in [0.1, 0.15) is 18.2 Å². The Bertz CT molecular complexity index is 277. The van der Waals surface area contributed by atoms with Gasteiger partial charge in [-0.05, 0) is 25.5 Å². The van der Waals surface area contributed by atoms with Gasteiger partial charge in [-0.25, -0.2) is 0 Å². The average Bonchev–Trinajstić information content (AvgIpc) is 2.04. The largest absolute Gasteiger partial charge is 0.397 e. The van der Waals surface area contributed by atoms with E-state index in [1.807, 2.05) is 32.1 Å². The van der Waals surface area contributed by atoms with E-state index in [9.17, 15) is 0 Å². The van der Waals surface area contributed by atoms with E-state index in [1.165, 1.54) is 0 Å². The number of nitrogens with zero attached hydrogens (tertiary/aromatic N) is 1. The standard InChI is InChI=1S/C9H12N2/c1-3-8(10)9-7(2)5-4-6-11-9/h3-6H,10H2,1-2H3/b8-3+. The van der Waals surface area contributed by atoms with Crippen molar-refractivity contribution in [1.29, 1.82) is 0 Å². The molecule has 0 radical (unpaired) electrons. The Morgan fingerprint density at radius 3 is 2.91 bits per heavy atom. The van der Waals surface area contributed by atoms with Crippen LogP contribution in [-0.4, -0.2) is 4.98 Å². The highest BCUT2D eigenvalue weighted by molar-refractivity contribution is 5.61. The van der Waals surface area contributed by atoms with Gasteiger partial charge >= 0.3 is 0 Å². The summed E-state index contributed by atoms with van der Waals surface area (Å²) in [4.78, 5) is 4.16. The molecule has 0 saturated heterocycles. The van der Waals surface area contributed by atoms with Crippen LogP contribution in [-0.2, 0) is 0 Å². The van der Waals surface area contributed by atoms with E-state index >= 15 is 0 Å². The van der Waals surface area contributed by atoms with Crippen molar-refractivity contribution in [2.45, 2.75) is 13.8 Å². The van der Waals surface area contributed by atoms with Gasteiger partial charge in [-0.3, -0.25) is 4.98 Å². The number of aryl methyl sites for hydroxylation is 1. The lowest BCUT2D eigenvalue weighted by Gasteiger charge is -2.02. The molecule has 0 aromatic carbocycles. The van der Waals surface area contributed by atoms with Crippen LogP contribution in [0.4, 0.5) is 0 Å². The van der Waals surface area contributed by atoms with Gasteiger partial charge in [-0.2, -0.15) is 0 Å². The summed E-state index contributed by atoms with van der Waals surface area (Å²) in [5.41, 5.74) is 8.43. The summed E-state index contributed by atoms with van der Waals surface area (Å²) in [6, 6.07) is 3.90. The zero-order valence-corrected chi connectivity index (χ0v) is 6.83. The minimum absolute atomic E-state index is 0.739. The highest BCUT2D eigenvalue weighted by Crippen LogP contribution is 2.09. The molecule has 0 bridgehead atoms. The van der Waals surface area contributed by atoms with Gasteiger partial charge in [0.15, 0.2) is 0 Å². The number of allylic oxidation sites excluding steroid dienone is 1. The Hall–Kier alpha value is -1.31. The minimum Gasteiger partial charge on any atom is -0.397 e. The number of pyridine rings is 1. The topological polar surface area (TPSA) is 38.9 Å². The highest BCUT2D eigenvalue weighted by Gasteiger charge is 1.98. The fraction of sp³-hybridized carbons (Fsp3) is 0.222. The third-order valence-corrected chi connectivity index (χ3v) is 1.59. The zero-order chi connectivity index (χ0) is 8.27. The van der Waals surface area contributed by atoms with Crippen LogP contribution in [0.2, 0.25) is 0 Å². The first-order valence-electron chi connectivity index (χ1n) is 3.59. The predicted octanol–water partition coefficient (Wildman–Crippen LogP) is 1.71. The first kappa shape index (κ1) is 7.79. The van der Waals surface area contributed by atoms with Crippen LogP contribution in [0.3, 0.4) is 0 Å². The van der Waals surface area contributed by atoms with Crippen LogP contribution in [0.25, 0.3) is 5.70 Å². The fourth-order valence-electron chi connectivity index (χ4n) is 0.925. The monoisotopic (exact) mass is 148 g/mol. The summed E-state index contributed by atoms with van der Waals surface area (Å²) in [6.45, 7) is 3.90. The van der Waals surface area contributed by atoms with Crippen molar-refractivity contribution in [2.24, 2.45) is 5.73 Å². The van der Waals surface area contributed by atoms with Crippen LogP contribution < -0.4 is 5.73 Å². The third kappa shape index (κ3) is 1.58. The van der Waals surface area contributed by atoms with Gasteiger partial charge in [-0.1, -0.05) is 12.1 Å². The summed E-state index contributed by atoms with van der Waals surface area (Å²) < 4.78 is 0. The van der Waals surface area contributed by atoms with Crippen LogP contribution >= 0.6 is 0 Å². The Morgan fingerprint density at radius 2 is 2.36 bits per heavy atom. The maximum atomic E-state index is 5.69. The molecule has 1 heterocycles. The summed E-state index contributed by atoms with van der Waals surface area (Å²) >= 11 is 0. The maximum absolute atomic E-state index is 5.69. The molecule has 2 nitrogen and oxygen atoms in total. The van der Waals surface area contributed by atoms with E-state index in [0.29, 0.717) is 0 Å². The fourth-order valence-corrected chi connectivity index (χ4v) is 0.925. The smallest absolute Gasteiger partial charge is 0.0884 e. The second-order valence-electron chi connectivity index (χ2n) is 2.41. The van der Waals surface area contributed by atoms with Gasteiger partial charge in [0.1, 0.15) is 0 Å². The molecule has 1 rings (SSSR count). The van der Waals surface area contributed by atoms with Gasteiger partial charge in [-0.15, -0.1) is 0 Å². The predicted molar refractivity (Wildman–Crippen MR) is 46.8 cm³/mol. The van der Waals surface area contributed by atoms with E-state index in [4.69, 9.17) is 5.73 Å². The van der Waals surface area contributed by atoms with Gasteiger partial charge in [0, 0.05) is 6.20 Å². The molecule has 0 amide bonds. The number of hydrogen-bond acceptors (Lipinski definition) is 2. The molecule has 11 heavy (non-hydrogen) atoms. The number of nitrogens with two attached hydrogens (primary N) is 1. The molecule has 0 saturated carbocycles. The number of aromatic nitrogens is 1. The lowest BCUT2D eigenvalue weighted by molar-refractivity contribution is 1.20. The Morgan fingerprint density at radius 1 is 1.64 bits per heavy atom. The van der Waals surface area contributed by atoms with E-state index in [2.05, 4.69) is 4.98 Å². The van der Waals surface area contributed by atoms with Crippen molar-refractivity contribution in [3.05, 3.63) is 35.7 Å². The number of rotatable bonds is 1. The van der Waals surface area contributed by atoms with Crippen molar-refractivity contribution in [3.63, 3.8) is 0 Å². The summed E-state index contributed by atoms with van der Waals surface area (Å²) in [7, 11) is 0. The van der Waals surface area contributed by atoms with Crippen LogP contribution in [0.15, 0.2) is 24.4 Å². The molecule has 0 aliphatic carbocycles. The lowest BCUT2D eigenvalue weighted by Crippen LogP contribution is -2.00. The Kier molecular flexibility index (Phi) is 2.26. The molecule has 2 heteroatoms. The lowest BCUT2D eigenvalue weighted by atomic mass is 10.2. The summed E-state index contributed by atoms with van der Waals surface area (Å²) in [5, 5.41) is 0. The molecule has 58 valence electrons. The third-order valence-electron chi connectivity index (χ3n) is 1.59. The average molecular weight is 148 g/mol. The van der Waals surface area contributed by atoms with Crippen LogP contribution in [0.5, 0.6) is 0 Å². The van der Waals surface area contributed by atoms with Crippen molar-refractivity contribution in [3.8, 4) is 0 Å². The van der Waals surface area contributed by atoms with Crippen molar-refractivity contribution >= 4 is 5.70 Å². The Labute approximate surface area is 66.8 Å². The Balaban J connectivity index is 3.14. The molecule has 2 N–H and O–H groups in total. The van der Waals surface area contributed by atoms with Crippen LogP contribution in [0, 0.1) is 6.92 Å². The van der Waals surface area contributed by atoms with Gasteiger partial charge in [0.05, 0.1) is 11.4 Å². The summed E-state index contributed by atoms with van der Waals surface area (Å²) in [5.74, 6) is 0. The molecule has 0 atom stereocenters. The molecule has 0 aliphatic heterocycles. The molecular formula is C9H12N2. The van der Waals surface area contributed by atoms with Gasteiger partial charge in [0.2, 0.25) is 0 Å². The zero-order valence-electron chi connectivity index (χ0n) is 6.83. The first-order valence-corrected chi connectivity index (χ1v) is 3.59. The second-order valence-corrected chi connectivity index (χ2v) is 2.41. The molecule has 1 aromatic rings. The second kappa shape index (κ2) is 3.19.